The Bertz CT molecular complexity index is 371. The van der Waals surface area contributed by atoms with E-state index in [2.05, 4.69) is 5.16 Å². The van der Waals surface area contributed by atoms with Gasteiger partial charge in [0, 0.05) is 18.7 Å². The Hall–Kier alpha value is -1.32. The number of hydrogen-bond acceptors (Lipinski definition) is 3. The summed E-state index contributed by atoms with van der Waals surface area (Å²) in [6.07, 6.45) is 5.19. The molecule has 0 N–H and O–H groups in total. The summed E-state index contributed by atoms with van der Waals surface area (Å²) in [4.78, 5) is 14.2. The second kappa shape index (κ2) is 5.34. The van der Waals surface area contributed by atoms with Gasteiger partial charge < -0.3 is 9.42 Å². The van der Waals surface area contributed by atoms with Crippen LogP contribution in [-0.4, -0.2) is 29.1 Å². The van der Waals surface area contributed by atoms with Crippen LogP contribution in [0.5, 0.6) is 0 Å². The lowest BCUT2D eigenvalue weighted by Crippen LogP contribution is -2.33. The molecule has 2 rings (SSSR count). The molecule has 2 heterocycles. The average Bonchev–Trinajstić information content (AvgIpc) is 2.59. The Morgan fingerprint density at radius 3 is 2.41 bits per heavy atom. The molecule has 4 heteroatoms. The predicted molar refractivity (Wildman–Crippen MR) is 64.7 cm³/mol. The standard InChI is InChI=1S/C13H20N2O2/c1-10-12(11(2)17-14-10)9-13(16)15-7-5-3-4-6-8-15/h3-9H2,1-2H3. The van der Waals surface area contributed by atoms with Gasteiger partial charge in [-0.1, -0.05) is 18.0 Å². The van der Waals surface area contributed by atoms with Crippen LogP contribution in [-0.2, 0) is 11.2 Å². The first-order chi connectivity index (χ1) is 8.18. The van der Waals surface area contributed by atoms with Gasteiger partial charge in [0.1, 0.15) is 5.76 Å². The van der Waals surface area contributed by atoms with E-state index in [1.807, 2.05) is 18.7 Å². The summed E-state index contributed by atoms with van der Waals surface area (Å²) in [6.45, 7) is 5.57. The molecular formula is C13H20N2O2. The number of likely N-dealkylation sites (tertiary alicyclic amines) is 1. The van der Waals surface area contributed by atoms with Gasteiger partial charge in [-0.25, -0.2) is 0 Å². The van der Waals surface area contributed by atoms with Crippen molar-refractivity contribution in [1.29, 1.82) is 0 Å². The molecule has 1 aliphatic heterocycles. The summed E-state index contributed by atoms with van der Waals surface area (Å²) in [7, 11) is 0. The summed E-state index contributed by atoms with van der Waals surface area (Å²) in [5, 5.41) is 3.89. The van der Waals surface area contributed by atoms with Crippen LogP contribution < -0.4 is 0 Å². The van der Waals surface area contributed by atoms with Crippen molar-refractivity contribution in [2.24, 2.45) is 0 Å². The maximum absolute atomic E-state index is 12.2. The molecular weight excluding hydrogens is 216 g/mol. The Kier molecular flexibility index (Phi) is 3.82. The third-order valence-corrected chi connectivity index (χ3v) is 3.47. The fraction of sp³-hybridized carbons (Fsp3) is 0.692. The van der Waals surface area contributed by atoms with Crippen LogP contribution in [0.25, 0.3) is 0 Å². The van der Waals surface area contributed by atoms with Gasteiger partial charge >= 0.3 is 0 Å². The molecule has 1 saturated heterocycles. The molecule has 0 aliphatic carbocycles. The van der Waals surface area contributed by atoms with Gasteiger partial charge in [0.2, 0.25) is 5.91 Å². The number of hydrogen-bond donors (Lipinski definition) is 0. The van der Waals surface area contributed by atoms with E-state index in [-0.39, 0.29) is 5.91 Å². The smallest absolute Gasteiger partial charge is 0.227 e. The zero-order chi connectivity index (χ0) is 12.3. The highest BCUT2D eigenvalue weighted by atomic mass is 16.5. The average molecular weight is 236 g/mol. The molecule has 0 bridgehead atoms. The van der Waals surface area contributed by atoms with Crippen LogP contribution >= 0.6 is 0 Å². The predicted octanol–water partition coefficient (Wildman–Crippen LogP) is 2.24. The first kappa shape index (κ1) is 12.1. The summed E-state index contributed by atoms with van der Waals surface area (Å²) in [5.41, 5.74) is 1.80. The molecule has 4 nitrogen and oxygen atoms in total. The number of aromatic nitrogens is 1. The maximum atomic E-state index is 12.2. The van der Waals surface area contributed by atoms with Crippen molar-refractivity contribution < 1.29 is 9.32 Å². The second-order valence-corrected chi connectivity index (χ2v) is 4.77. The fourth-order valence-corrected chi connectivity index (χ4v) is 2.34. The van der Waals surface area contributed by atoms with Crippen molar-refractivity contribution in [2.75, 3.05) is 13.1 Å². The monoisotopic (exact) mass is 236 g/mol. The normalized spacial score (nSPS) is 16.9. The molecule has 1 amide bonds. The van der Waals surface area contributed by atoms with Gasteiger partial charge in [0.15, 0.2) is 0 Å². The summed E-state index contributed by atoms with van der Waals surface area (Å²) in [5.74, 6) is 0.979. The minimum Gasteiger partial charge on any atom is -0.361 e. The molecule has 17 heavy (non-hydrogen) atoms. The van der Waals surface area contributed by atoms with E-state index >= 15 is 0 Å². The van der Waals surface area contributed by atoms with Crippen LogP contribution in [0, 0.1) is 13.8 Å². The quantitative estimate of drug-likeness (QED) is 0.791. The van der Waals surface area contributed by atoms with Crippen molar-refractivity contribution in [3.05, 3.63) is 17.0 Å². The number of nitrogens with zero attached hydrogens (tertiary/aromatic N) is 2. The molecule has 0 saturated carbocycles. The number of aryl methyl sites for hydroxylation is 2. The van der Waals surface area contributed by atoms with Crippen LogP contribution in [0.2, 0.25) is 0 Å². The van der Waals surface area contributed by atoms with Gasteiger partial charge in [0.25, 0.3) is 0 Å². The lowest BCUT2D eigenvalue weighted by molar-refractivity contribution is -0.130. The molecule has 1 fully saturated rings. The van der Waals surface area contributed by atoms with E-state index in [1.54, 1.807) is 0 Å². The minimum absolute atomic E-state index is 0.210. The molecule has 94 valence electrons. The summed E-state index contributed by atoms with van der Waals surface area (Å²) < 4.78 is 5.09. The second-order valence-electron chi connectivity index (χ2n) is 4.77. The van der Waals surface area contributed by atoms with Gasteiger partial charge in [0.05, 0.1) is 12.1 Å². The summed E-state index contributed by atoms with van der Waals surface area (Å²) >= 11 is 0. The van der Waals surface area contributed by atoms with Gasteiger partial charge in [-0.05, 0) is 26.7 Å². The Labute approximate surface area is 102 Å². The molecule has 0 atom stereocenters. The minimum atomic E-state index is 0.210. The molecule has 1 aromatic rings. The van der Waals surface area contributed by atoms with E-state index in [1.165, 1.54) is 12.8 Å². The highest BCUT2D eigenvalue weighted by Gasteiger charge is 2.19. The zero-order valence-electron chi connectivity index (χ0n) is 10.7. The first-order valence-electron chi connectivity index (χ1n) is 6.38. The molecule has 1 aliphatic rings. The van der Waals surface area contributed by atoms with Gasteiger partial charge in [-0.15, -0.1) is 0 Å². The molecule has 0 aromatic carbocycles. The van der Waals surface area contributed by atoms with Crippen LogP contribution in [0.1, 0.15) is 42.7 Å². The summed E-state index contributed by atoms with van der Waals surface area (Å²) in [6, 6.07) is 0. The van der Waals surface area contributed by atoms with Crippen molar-refractivity contribution in [3.63, 3.8) is 0 Å². The lowest BCUT2D eigenvalue weighted by Gasteiger charge is -2.20. The van der Waals surface area contributed by atoms with E-state index < -0.39 is 0 Å². The van der Waals surface area contributed by atoms with Crippen LogP contribution in [0.4, 0.5) is 0 Å². The number of carbonyl (C=O) groups is 1. The SMILES string of the molecule is Cc1noc(C)c1CC(=O)N1CCCCCC1. The molecule has 0 radical (unpaired) electrons. The third-order valence-electron chi connectivity index (χ3n) is 3.47. The largest absolute Gasteiger partial charge is 0.361 e. The van der Waals surface area contributed by atoms with Crippen LogP contribution in [0.3, 0.4) is 0 Å². The topological polar surface area (TPSA) is 46.3 Å². The van der Waals surface area contributed by atoms with E-state index in [4.69, 9.17) is 4.52 Å². The van der Waals surface area contributed by atoms with E-state index in [0.29, 0.717) is 6.42 Å². The van der Waals surface area contributed by atoms with Gasteiger partial charge in [-0.3, -0.25) is 4.79 Å². The first-order valence-corrected chi connectivity index (χ1v) is 6.38. The Balaban J connectivity index is 2.00. The highest BCUT2D eigenvalue weighted by Crippen LogP contribution is 2.16. The molecule has 1 aromatic heterocycles. The highest BCUT2D eigenvalue weighted by molar-refractivity contribution is 5.79. The fourth-order valence-electron chi connectivity index (χ4n) is 2.34. The number of amides is 1. The zero-order valence-corrected chi connectivity index (χ0v) is 10.7. The van der Waals surface area contributed by atoms with Gasteiger partial charge in [-0.2, -0.15) is 0 Å². The third kappa shape index (κ3) is 2.87. The van der Waals surface area contributed by atoms with E-state index in [0.717, 1.165) is 42.9 Å². The lowest BCUT2D eigenvalue weighted by atomic mass is 10.1. The number of rotatable bonds is 2. The van der Waals surface area contributed by atoms with Crippen molar-refractivity contribution in [2.45, 2.75) is 46.0 Å². The maximum Gasteiger partial charge on any atom is 0.227 e. The molecule has 0 unspecified atom stereocenters. The van der Waals surface area contributed by atoms with Crippen molar-refractivity contribution in [3.8, 4) is 0 Å². The van der Waals surface area contributed by atoms with Crippen molar-refractivity contribution in [1.82, 2.24) is 10.1 Å². The Morgan fingerprint density at radius 2 is 1.88 bits per heavy atom. The number of carbonyl (C=O) groups excluding carboxylic acids is 1. The Morgan fingerprint density at radius 1 is 1.24 bits per heavy atom. The van der Waals surface area contributed by atoms with E-state index in [9.17, 15) is 4.79 Å². The van der Waals surface area contributed by atoms with Crippen molar-refractivity contribution >= 4 is 5.91 Å². The molecule has 0 spiro atoms. The van der Waals surface area contributed by atoms with Crippen LogP contribution in [0.15, 0.2) is 4.52 Å².